The Balaban J connectivity index is 3.19. The lowest BCUT2D eigenvalue weighted by Gasteiger charge is -2.25. The smallest absolute Gasteiger partial charge is 0.326 e. The van der Waals surface area contributed by atoms with Gasteiger partial charge in [-0.3, -0.25) is 29.0 Å². The third kappa shape index (κ3) is 13.9. The molecule has 0 saturated carbocycles. The molecule has 0 aliphatic rings. The Hall–Kier alpha value is -4.93. The van der Waals surface area contributed by atoms with Gasteiger partial charge in [-0.1, -0.05) is 12.1 Å². The molecule has 42 heavy (non-hydrogen) atoms. The molecule has 1 aromatic carbocycles. The molecule has 0 fully saturated rings. The van der Waals surface area contributed by atoms with Crippen molar-refractivity contribution in [1.29, 1.82) is 0 Å². The zero-order valence-corrected chi connectivity index (χ0v) is 22.7. The molecule has 17 nitrogen and oxygen atoms in total. The van der Waals surface area contributed by atoms with Gasteiger partial charge in [0.15, 0.2) is 5.96 Å². The van der Waals surface area contributed by atoms with Crippen LogP contribution in [0.25, 0.3) is 0 Å². The van der Waals surface area contributed by atoms with Crippen LogP contribution in [0, 0.1) is 0 Å². The van der Waals surface area contributed by atoms with Gasteiger partial charge in [0.25, 0.3) is 0 Å². The van der Waals surface area contributed by atoms with E-state index in [1.165, 1.54) is 24.3 Å². The first-order valence-electron chi connectivity index (χ1n) is 12.9. The van der Waals surface area contributed by atoms with E-state index in [1.807, 2.05) is 0 Å². The van der Waals surface area contributed by atoms with E-state index >= 15 is 0 Å². The number of nitrogens with zero attached hydrogens (tertiary/aromatic N) is 1. The normalized spacial score (nSPS) is 13.5. The average Bonchev–Trinajstić information content (AvgIpc) is 2.91. The van der Waals surface area contributed by atoms with Crippen molar-refractivity contribution in [3.63, 3.8) is 0 Å². The molecule has 0 bridgehead atoms. The number of hydrogen-bond acceptors (Lipinski definition) is 9. The van der Waals surface area contributed by atoms with Crippen LogP contribution in [0.2, 0.25) is 0 Å². The number of hydrogen-bond donors (Lipinski definition) is 10. The summed E-state index contributed by atoms with van der Waals surface area (Å²) in [7, 11) is 0. The van der Waals surface area contributed by atoms with Crippen LogP contribution in [0.15, 0.2) is 29.3 Å². The molecule has 0 aliphatic heterocycles. The zero-order valence-electron chi connectivity index (χ0n) is 22.7. The molecular formula is C25H37N7O10. The van der Waals surface area contributed by atoms with Crippen molar-refractivity contribution in [1.82, 2.24) is 16.0 Å². The number of aromatic hydroxyl groups is 1. The topological polar surface area (TPSA) is 310 Å². The molecule has 0 radical (unpaired) electrons. The number of aliphatic imine (C=N–C) groups is 1. The van der Waals surface area contributed by atoms with Crippen LogP contribution < -0.4 is 33.2 Å². The summed E-state index contributed by atoms with van der Waals surface area (Å²) in [5, 5.41) is 43.9. The Morgan fingerprint density at radius 2 is 1.26 bits per heavy atom. The minimum absolute atomic E-state index is 0.0483. The molecule has 3 amide bonds. The van der Waals surface area contributed by atoms with E-state index in [0.717, 1.165) is 0 Å². The van der Waals surface area contributed by atoms with Crippen molar-refractivity contribution in [3.8, 4) is 5.75 Å². The van der Waals surface area contributed by atoms with Gasteiger partial charge in [0.2, 0.25) is 17.7 Å². The van der Waals surface area contributed by atoms with Gasteiger partial charge in [-0.2, -0.15) is 0 Å². The molecule has 0 aromatic heterocycles. The second kappa shape index (κ2) is 17.7. The molecule has 232 valence electrons. The molecule has 4 atom stereocenters. The number of phenols is 1. The van der Waals surface area contributed by atoms with Crippen LogP contribution in [-0.2, 0) is 35.2 Å². The molecule has 0 heterocycles. The Kier molecular flexibility index (Phi) is 14.8. The van der Waals surface area contributed by atoms with E-state index in [-0.39, 0.29) is 43.9 Å². The van der Waals surface area contributed by atoms with Crippen LogP contribution in [0.5, 0.6) is 5.75 Å². The van der Waals surface area contributed by atoms with Gasteiger partial charge in [-0.05, 0) is 43.4 Å². The Morgan fingerprint density at radius 1 is 0.738 bits per heavy atom. The van der Waals surface area contributed by atoms with Crippen LogP contribution >= 0.6 is 0 Å². The highest BCUT2D eigenvalue weighted by molar-refractivity contribution is 5.94. The molecule has 0 aliphatic carbocycles. The van der Waals surface area contributed by atoms with E-state index in [0.29, 0.717) is 5.56 Å². The highest BCUT2D eigenvalue weighted by atomic mass is 16.4. The molecule has 17 heteroatoms. The van der Waals surface area contributed by atoms with E-state index in [1.54, 1.807) is 0 Å². The first kappa shape index (κ1) is 35.1. The van der Waals surface area contributed by atoms with E-state index in [2.05, 4.69) is 20.9 Å². The second-order valence-corrected chi connectivity index (χ2v) is 9.31. The summed E-state index contributed by atoms with van der Waals surface area (Å²) >= 11 is 0. The lowest BCUT2D eigenvalue weighted by molar-refractivity contribution is -0.143. The number of amides is 3. The number of phenolic OH excluding ortho intramolecular Hbond substituents is 1. The fourth-order valence-corrected chi connectivity index (χ4v) is 3.61. The molecule has 13 N–H and O–H groups in total. The van der Waals surface area contributed by atoms with Crippen molar-refractivity contribution >= 4 is 41.6 Å². The summed E-state index contributed by atoms with van der Waals surface area (Å²) in [6, 6.07) is 0.191. The second-order valence-electron chi connectivity index (χ2n) is 9.31. The summed E-state index contributed by atoms with van der Waals surface area (Å²) < 4.78 is 0. The number of benzene rings is 1. The number of rotatable bonds is 19. The summed E-state index contributed by atoms with van der Waals surface area (Å²) in [6.45, 7) is 0.0649. The van der Waals surface area contributed by atoms with Crippen LogP contribution in [-0.4, -0.2) is 92.7 Å². The lowest BCUT2D eigenvalue weighted by Crippen LogP contribution is -2.57. The molecule has 1 rings (SSSR count). The van der Waals surface area contributed by atoms with Gasteiger partial charge in [0.1, 0.15) is 23.9 Å². The van der Waals surface area contributed by atoms with E-state index < -0.39 is 79.1 Å². The number of carbonyl (C=O) groups excluding carboxylic acids is 3. The van der Waals surface area contributed by atoms with Gasteiger partial charge < -0.3 is 53.6 Å². The van der Waals surface area contributed by atoms with Gasteiger partial charge in [0.05, 0.1) is 6.04 Å². The van der Waals surface area contributed by atoms with Gasteiger partial charge in [-0.15, -0.1) is 0 Å². The largest absolute Gasteiger partial charge is 0.508 e. The number of nitrogens with two attached hydrogens (primary N) is 3. The van der Waals surface area contributed by atoms with Gasteiger partial charge >= 0.3 is 17.9 Å². The van der Waals surface area contributed by atoms with Crippen LogP contribution in [0.1, 0.15) is 44.1 Å². The van der Waals surface area contributed by atoms with E-state index in [9.17, 15) is 39.0 Å². The molecular weight excluding hydrogens is 558 g/mol. The molecule has 0 spiro atoms. The zero-order chi connectivity index (χ0) is 31.8. The standard InChI is InChI=1S/C25H37N7O10/c26-15(7-9-19(34)35)21(38)32-18(12-13-3-5-14(33)6-4-13)23(40)30-16(2-1-11-29-25(27)28)22(39)31-17(24(41)42)8-10-20(36)37/h3-6,15-18,33H,1-2,7-12,26H2,(H,30,40)(H,31,39)(H,32,38)(H,34,35)(H,36,37)(H,41,42)(H4,27,28,29). The maximum absolute atomic E-state index is 13.4. The fraction of sp³-hybridized carbons (Fsp3) is 0.480. The van der Waals surface area contributed by atoms with Gasteiger partial charge in [0, 0.05) is 25.8 Å². The monoisotopic (exact) mass is 595 g/mol. The molecule has 4 unspecified atom stereocenters. The van der Waals surface area contributed by atoms with Crippen LogP contribution in [0.3, 0.4) is 0 Å². The summed E-state index contributed by atoms with van der Waals surface area (Å²) in [6.07, 6.45) is -1.59. The Labute approximate surface area is 240 Å². The number of carboxylic acid groups (broad SMARTS) is 3. The lowest BCUT2D eigenvalue weighted by atomic mass is 10.0. The quantitative estimate of drug-likeness (QED) is 0.0453. The third-order valence-electron chi connectivity index (χ3n) is 5.85. The van der Waals surface area contributed by atoms with E-state index in [4.69, 9.17) is 27.4 Å². The molecule has 0 saturated heterocycles. The summed E-state index contributed by atoms with van der Waals surface area (Å²) in [4.78, 5) is 76.2. The maximum atomic E-state index is 13.4. The van der Waals surface area contributed by atoms with Crippen molar-refractivity contribution in [2.45, 2.75) is 69.1 Å². The summed E-state index contributed by atoms with van der Waals surface area (Å²) in [5.74, 6) is -6.81. The number of carbonyl (C=O) groups is 6. The highest BCUT2D eigenvalue weighted by Gasteiger charge is 2.30. The Bertz CT molecular complexity index is 1140. The van der Waals surface area contributed by atoms with Crippen LogP contribution in [0.4, 0.5) is 0 Å². The average molecular weight is 596 g/mol. The highest BCUT2D eigenvalue weighted by Crippen LogP contribution is 2.12. The minimum atomic E-state index is -1.56. The molecule has 1 aromatic rings. The van der Waals surface area contributed by atoms with Crippen molar-refractivity contribution in [3.05, 3.63) is 29.8 Å². The van der Waals surface area contributed by atoms with Crippen molar-refractivity contribution < 1.29 is 49.2 Å². The van der Waals surface area contributed by atoms with Crippen molar-refractivity contribution in [2.24, 2.45) is 22.2 Å². The first-order valence-corrected chi connectivity index (χ1v) is 12.9. The minimum Gasteiger partial charge on any atom is -0.508 e. The first-order chi connectivity index (χ1) is 19.7. The number of carboxylic acids is 3. The third-order valence-corrected chi connectivity index (χ3v) is 5.85. The van der Waals surface area contributed by atoms with Gasteiger partial charge in [-0.25, -0.2) is 4.79 Å². The number of guanidine groups is 1. The number of nitrogens with one attached hydrogen (secondary N) is 3. The fourth-order valence-electron chi connectivity index (χ4n) is 3.61. The predicted octanol–water partition coefficient (Wildman–Crippen LogP) is -2.42. The summed E-state index contributed by atoms with van der Waals surface area (Å²) in [5.41, 5.74) is 16.9. The van der Waals surface area contributed by atoms with Crippen molar-refractivity contribution in [2.75, 3.05) is 6.54 Å². The Morgan fingerprint density at radius 3 is 1.81 bits per heavy atom. The SMILES string of the molecule is NC(N)=NCCCC(NC(=O)C(Cc1ccc(O)cc1)NC(=O)C(N)CCC(=O)O)C(=O)NC(CCC(=O)O)C(=O)O. The maximum Gasteiger partial charge on any atom is 0.326 e. The number of aliphatic carboxylic acids is 3. The predicted molar refractivity (Wildman–Crippen MR) is 147 cm³/mol.